The van der Waals surface area contributed by atoms with Crippen molar-refractivity contribution in [3.63, 3.8) is 0 Å². The van der Waals surface area contributed by atoms with E-state index in [1.807, 2.05) is 61.5 Å². The number of benzene rings is 2. The van der Waals surface area contributed by atoms with Gasteiger partial charge in [-0.05, 0) is 55.7 Å². The molecule has 166 valence electrons. The number of hydrogen-bond acceptors (Lipinski definition) is 4. The lowest BCUT2D eigenvalue weighted by molar-refractivity contribution is -0.148. The Kier molecular flexibility index (Phi) is 7.10. The minimum atomic E-state index is -0.992. The molecule has 0 fully saturated rings. The Morgan fingerprint density at radius 3 is 2.28 bits per heavy atom. The molecule has 0 radical (unpaired) electrons. The van der Waals surface area contributed by atoms with Gasteiger partial charge in [-0.1, -0.05) is 37.3 Å². The fraction of sp³-hybridized carbons (Fsp3) is 0.240. The number of pyridine rings is 1. The van der Waals surface area contributed by atoms with E-state index in [1.54, 1.807) is 26.1 Å². The summed E-state index contributed by atoms with van der Waals surface area (Å²) in [6.45, 7) is 5.27. The molecule has 0 spiro atoms. The van der Waals surface area contributed by atoms with Crippen LogP contribution in [0.5, 0.6) is 5.88 Å². The maximum absolute atomic E-state index is 12.3. The van der Waals surface area contributed by atoms with Crippen LogP contribution in [-0.2, 0) is 11.2 Å². The molecule has 7 heteroatoms. The smallest absolute Gasteiger partial charge is 0.323 e. The van der Waals surface area contributed by atoms with Crippen LogP contribution in [0.15, 0.2) is 66.9 Å². The van der Waals surface area contributed by atoms with E-state index in [4.69, 9.17) is 9.84 Å². The maximum Gasteiger partial charge on any atom is 0.323 e. The third-order valence-electron chi connectivity index (χ3n) is 5.02. The van der Waals surface area contributed by atoms with Crippen LogP contribution >= 0.6 is 0 Å². The molecule has 0 aliphatic carbocycles. The fourth-order valence-electron chi connectivity index (χ4n) is 2.93. The quantitative estimate of drug-likeness (QED) is 0.439. The number of ether oxygens (including phenoxy) is 1. The molecular formula is C25H27N3O4. The average molecular weight is 434 g/mol. The molecular weight excluding hydrogens is 406 g/mol. The molecule has 0 unspecified atom stereocenters. The number of carboxylic acids is 1. The van der Waals surface area contributed by atoms with Crippen molar-refractivity contribution in [2.24, 2.45) is 5.41 Å². The first-order valence-electron chi connectivity index (χ1n) is 10.4. The van der Waals surface area contributed by atoms with Gasteiger partial charge in [0.25, 0.3) is 0 Å². The van der Waals surface area contributed by atoms with E-state index in [0.717, 1.165) is 28.8 Å². The molecule has 0 aliphatic heterocycles. The van der Waals surface area contributed by atoms with Crippen LogP contribution in [0.4, 0.5) is 16.2 Å². The fourth-order valence-corrected chi connectivity index (χ4v) is 2.93. The Hall–Kier alpha value is -3.87. The van der Waals surface area contributed by atoms with E-state index in [0.29, 0.717) is 11.6 Å². The number of rotatable bonds is 8. The number of aryl methyl sites for hydroxylation is 1. The van der Waals surface area contributed by atoms with Gasteiger partial charge in [0.15, 0.2) is 0 Å². The molecule has 0 atom stereocenters. The van der Waals surface area contributed by atoms with Crippen molar-refractivity contribution in [3.05, 3.63) is 72.4 Å². The van der Waals surface area contributed by atoms with Gasteiger partial charge >= 0.3 is 12.0 Å². The largest absolute Gasteiger partial charge is 0.481 e. The summed E-state index contributed by atoms with van der Waals surface area (Å²) in [6.07, 6.45) is 2.50. The SMILES string of the molecule is CCc1ccccc1NC(=O)Nc1ccc(-c2ccc(OCC(C)(C)C(=O)O)nc2)cc1. The number of amides is 2. The first-order valence-corrected chi connectivity index (χ1v) is 10.4. The first-order chi connectivity index (χ1) is 15.3. The highest BCUT2D eigenvalue weighted by Gasteiger charge is 2.28. The number of carbonyl (C=O) groups is 2. The lowest BCUT2D eigenvalue weighted by Gasteiger charge is -2.19. The molecule has 1 heterocycles. The Labute approximate surface area is 187 Å². The van der Waals surface area contributed by atoms with E-state index in [-0.39, 0.29) is 12.6 Å². The number of carboxylic acid groups (broad SMARTS) is 1. The summed E-state index contributed by atoms with van der Waals surface area (Å²) in [5, 5.41) is 14.9. The molecule has 0 saturated carbocycles. The zero-order chi connectivity index (χ0) is 23.1. The van der Waals surface area contributed by atoms with Crippen LogP contribution in [0.1, 0.15) is 26.3 Å². The Balaban J connectivity index is 1.59. The van der Waals surface area contributed by atoms with Gasteiger partial charge in [-0.25, -0.2) is 9.78 Å². The molecule has 3 N–H and O–H groups in total. The second-order valence-electron chi connectivity index (χ2n) is 8.03. The lowest BCUT2D eigenvalue weighted by Crippen LogP contribution is -2.30. The van der Waals surface area contributed by atoms with Crippen molar-refractivity contribution in [1.82, 2.24) is 4.98 Å². The number of para-hydroxylation sites is 1. The molecule has 1 aromatic heterocycles. The van der Waals surface area contributed by atoms with Crippen LogP contribution < -0.4 is 15.4 Å². The highest BCUT2D eigenvalue weighted by Crippen LogP contribution is 2.24. The summed E-state index contributed by atoms with van der Waals surface area (Å²) >= 11 is 0. The number of urea groups is 1. The minimum Gasteiger partial charge on any atom is -0.481 e. The van der Waals surface area contributed by atoms with Crippen molar-refractivity contribution < 1.29 is 19.4 Å². The molecule has 3 aromatic rings. The number of aliphatic carboxylic acids is 1. The van der Waals surface area contributed by atoms with Crippen molar-refractivity contribution in [3.8, 4) is 17.0 Å². The van der Waals surface area contributed by atoms with E-state index in [9.17, 15) is 9.59 Å². The lowest BCUT2D eigenvalue weighted by atomic mass is 9.95. The number of hydrogen-bond donors (Lipinski definition) is 3. The molecule has 7 nitrogen and oxygen atoms in total. The van der Waals surface area contributed by atoms with Crippen molar-refractivity contribution in [2.75, 3.05) is 17.2 Å². The first kappa shape index (κ1) is 22.8. The highest BCUT2D eigenvalue weighted by molar-refractivity contribution is 6.00. The summed E-state index contributed by atoms with van der Waals surface area (Å²) in [6, 6.07) is 18.4. The minimum absolute atomic E-state index is 0.0276. The van der Waals surface area contributed by atoms with Gasteiger partial charge in [-0.3, -0.25) is 4.79 Å². The standard InChI is InChI=1S/C25H27N3O4/c1-4-17-7-5-6-8-21(17)28-24(31)27-20-12-9-18(10-13-20)19-11-14-22(26-15-19)32-16-25(2,3)23(29)30/h5-15H,4,16H2,1-3H3,(H,29,30)(H2,27,28,31). The van der Waals surface area contributed by atoms with Gasteiger partial charge in [0, 0.05) is 29.2 Å². The van der Waals surface area contributed by atoms with Gasteiger partial charge in [0.05, 0.1) is 5.41 Å². The van der Waals surface area contributed by atoms with Crippen molar-refractivity contribution >= 4 is 23.4 Å². The zero-order valence-corrected chi connectivity index (χ0v) is 18.4. The maximum atomic E-state index is 12.3. The molecule has 3 rings (SSSR count). The number of nitrogens with one attached hydrogen (secondary N) is 2. The number of nitrogens with zero attached hydrogens (tertiary/aromatic N) is 1. The van der Waals surface area contributed by atoms with Crippen molar-refractivity contribution in [2.45, 2.75) is 27.2 Å². The second kappa shape index (κ2) is 9.96. The summed E-state index contributed by atoms with van der Waals surface area (Å²) in [4.78, 5) is 27.8. The summed E-state index contributed by atoms with van der Waals surface area (Å²) in [5.41, 5.74) is 3.35. The second-order valence-corrected chi connectivity index (χ2v) is 8.03. The summed E-state index contributed by atoms with van der Waals surface area (Å²) in [7, 11) is 0. The van der Waals surface area contributed by atoms with Gasteiger partial charge in [0.2, 0.25) is 5.88 Å². The summed E-state index contributed by atoms with van der Waals surface area (Å²) < 4.78 is 5.50. The number of aromatic nitrogens is 1. The van der Waals surface area contributed by atoms with Crippen LogP contribution in [-0.4, -0.2) is 28.7 Å². The van der Waals surface area contributed by atoms with Gasteiger partial charge in [-0.2, -0.15) is 0 Å². The third kappa shape index (κ3) is 5.85. The van der Waals surface area contributed by atoms with Gasteiger partial charge in [0.1, 0.15) is 6.61 Å². The Bertz CT molecular complexity index is 1080. The van der Waals surface area contributed by atoms with Crippen LogP contribution in [0.3, 0.4) is 0 Å². The van der Waals surface area contributed by atoms with E-state index >= 15 is 0 Å². The monoisotopic (exact) mass is 433 g/mol. The van der Waals surface area contributed by atoms with Gasteiger partial charge in [-0.15, -0.1) is 0 Å². The molecule has 0 bridgehead atoms. The van der Waals surface area contributed by atoms with Crippen LogP contribution in [0, 0.1) is 5.41 Å². The highest BCUT2D eigenvalue weighted by atomic mass is 16.5. The Morgan fingerprint density at radius 2 is 1.66 bits per heavy atom. The van der Waals surface area contributed by atoms with E-state index < -0.39 is 11.4 Å². The van der Waals surface area contributed by atoms with E-state index in [1.165, 1.54) is 0 Å². The molecule has 32 heavy (non-hydrogen) atoms. The van der Waals surface area contributed by atoms with Crippen molar-refractivity contribution in [1.29, 1.82) is 0 Å². The molecule has 2 amide bonds. The molecule has 0 saturated heterocycles. The Morgan fingerprint density at radius 1 is 0.969 bits per heavy atom. The predicted octanol–water partition coefficient (Wildman–Crippen LogP) is 5.44. The zero-order valence-electron chi connectivity index (χ0n) is 18.4. The molecule has 0 aliphatic rings. The topological polar surface area (TPSA) is 101 Å². The number of carbonyl (C=O) groups excluding carboxylic acids is 1. The summed E-state index contributed by atoms with van der Waals surface area (Å²) in [5.74, 6) is -0.559. The van der Waals surface area contributed by atoms with Crippen LogP contribution in [0.25, 0.3) is 11.1 Å². The average Bonchev–Trinajstić information content (AvgIpc) is 2.79. The molecule has 2 aromatic carbocycles. The normalized spacial score (nSPS) is 11.0. The van der Waals surface area contributed by atoms with Gasteiger partial charge < -0.3 is 20.5 Å². The predicted molar refractivity (Wildman–Crippen MR) is 125 cm³/mol. The van der Waals surface area contributed by atoms with Crippen LogP contribution in [0.2, 0.25) is 0 Å². The van der Waals surface area contributed by atoms with E-state index in [2.05, 4.69) is 15.6 Å². The third-order valence-corrected chi connectivity index (χ3v) is 5.02. The number of anilines is 2.